The molecule has 0 heterocycles. The summed E-state index contributed by atoms with van der Waals surface area (Å²) in [5, 5.41) is 3.81. The molecule has 1 N–H and O–H groups in total. The first kappa shape index (κ1) is 16.0. The summed E-state index contributed by atoms with van der Waals surface area (Å²) in [7, 11) is 4.06. The Hall–Kier alpha value is -1.06. The van der Waals surface area contributed by atoms with E-state index in [2.05, 4.69) is 10.2 Å². The van der Waals surface area contributed by atoms with Gasteiger partial charge in [-0.3, -0.25) is 4.79 Å². The third kappa shape index (κ3) is 5.62. The molecule has 1 atom stereocenters. The highest BCUT2D eigenvalue weighted by Crippen LogP contribution is 2.20. The topological polar surface area (TPSA) is 32.3 Å². The van der Waals surface area contributed by atoms with Gasteiger partial charge in [0.25, 0.3) is 0 Å². The Labute approximate surface area is 120 Å². The quantitative estimate of drug-likeness (QED) is 0.869. The van der Waals surface area contributed by atoms with Crippen LogP contribution < -0.4 is 5.32 Å². The zero-order valence-electron chi connectivity index (χ0n) is 12.1. The lowest BCUT2D eigenvalue weighted by atomic mass is 10.0. The Balaban J connectivity index is 2.79. The predicted molar refractivity (Wildman–Crippen MR) is 80.3 cm³/mol. The number of carbonyl (C=O) groups excluding carboxylic acids is 1. The molecule has 0 bridgehead atoms. The van der Waals surface area contributed by atoms with E-state index < -0.39 is 0 Å². The Bertz CT molecular complexity index is 401. The Kier molecular flexibility index (Phi) is 6.32. The van der Waals surface area contributed by atoms with Crippen molar-refractivity contribution in [2.75, 3.05) is 20.6 Å². The van der Waals surface area contributed by atoms with Gasteiger partial charge in [0, 0.05) is 10.9 Å². The van der Waals surface area contributed by atoms with Gasteiger partial charge >= 0.3 is 0 Å². The lowest BCUT2D eigenvalue weighted by Gasteiger charge is -2.22. The van der Waals surface area contributed by atoms with Crippen LogP contribution in [0.4, 0.5) is 0 Å². The van der Waals surface area contributed by atoms with E-state index in [9.17, 15) is 4.79 Å². The van der Waals surface area contributed by atoms with Gasteiger partial charge in [0.05, 0.1) is 6.04 Å². The first-order chi connectivity index (χ1) is 8.90. The van der Waals surface area contributed by atoms with Crippen LogP contribution in [0.3, 0.4) is 0 Å². The molecule has 106 valence electrons. The average Bonchev–Trinajstić information content (AvgIpc) is 2.35. The third-order valence-corrected chi connectivity index (χ3v) is 3.23. The standard InChI is InChI=1S/C15H23ClN2O/c1-11(2)15(19)17-14(9-10-18(3)4)12-5-7-13(16)8-6-12/h5-8,11,14H,9-10H2,1-4H3,(H,17,19). The van der Waals surface area contributed by atoms with Crippen molar-refractivity contribution in [3.63, 3.8) is 0 Å². The molecule has 1 rings (SSSR count). The normalized spacial score (nSPS) is 12.8. The van der Waals surface area contributed by atoms with Crippen LogP contribution in [0, 0.1) is 5.92 Å². The molecule has 1 unspecified atom stereocenters. The SMILES string of the molecule is CC(C)C(=O)NC(CCN(C)C)c1ccc(Cl)cc1. The number of carbonyl (C=O) groups is 1. The van der Waals surface area contributed by atoms with Crippen molar-refractivity contribution in [3.8, 4) is 0 Å². The summed E-state index contributed by atoms with van der Waals surface area (Å²) in [4.78, 5) is 14.0. The highest BCUT2D eigenvalue weighted by molar-refractivity contribution is 6.30. The van der Waals surface area contributed by atoms with Crippen LogP contribution in [0.15, 0.2) is 24.3 Å². The van der Waals surface area contributed by atoms with Gasteiger partial charge in [0.2, 0.25) is 5.91 Å². The molecule has 0 spiro atoms. The number of nitrogens with zero attached hydrogens (tertiary/aromatic N) is 1. The van der Waals surface area contributed by atoms with Crippen LogP contribution in [0.25, 0.3) is 0 Å². The van der Waals surface area contributed by atoms with Gasteiger partial charge in [-0.05, 0) is 44.8 Å². The molecule has 4 heteroatoms. The third-order valence-electron chi connectivity index (χ3n) is 2.98. The minimum absolute atomic E-state index is 0.00541. The van der Waals surface area contributed by atoms with Crippen LogP contribution in [-0.4, -0.2) is 31.4 Å². The molecule has 1 aromatic carbocycles. The summed E-state index contributed by atoms with van der Waals surface area (Å²) in [5.41, 5.74) is 1.10. The molecule has 0 aliphatic heterocycles. The second kappa shape index (κ2) is 7.51. The number of benzene rings is 1. The van der Waals surface area contributed by atoms with Gasteiger partial charge in [0.1, 0.15) is 0 Å². The summed E-state index contributed by atoms with van der Waals surface area (Å²) in [6.45, 7) is 4.73. The molecule has 3 nitrogen and oxygen atoms in total. The van der Waals surface area contributed by atoms with Crippen molar-refractivity contribution >= 4 is 17.5 Å². The Morgan fingerprint density at radius 1 is 1.26 bits per heavy atom. The fourth-order valence-corrected chi connectivity index (χ4v) is 1.87. The number of hydrogen-bond donors (Lipinski definition) is 1. The maximum Gasteiger partial charge on any atom is 0.223 e. The molecule has 19 heavy (non-hydrogen) atoms. The number of hydrogen-bond acceptors (Lipinski definition) is 2. The molecule has 0 radical (unpaired) electrons. The van der Waals surface area contributed by atoms with E-state index in [1.807, 2.05) is 52.2 Å². The summed E-state index contributed by atoms with van der Waals surface area (Å²) in [5.74, 6) is 0.0767. The minimum Gasteiger partial charge on any atom is -0.349 e. The summed E-state index contributed by atoms with van der Waals surface area (Å²) in [6.07, 6.45) is 0.882. The second-order valence-electron chi connectivity index (χ2n) is 5.36. The minimum atomic E-state index is -0.00541. The van der Waals surface area contributed by atoms with Crippen LogP contribution in [0.5, 0.6) is 0 Å². The average molecular weight is 283 g/mol. The highest BCUT2D eigenvalue weighted by atomic mass is 35.5. The van der Waals surface area contributed by atoms with Crippen LogP contribution in [0.2, 0.25) is 5.02 Å². The second-order valence-corrected chi connectivity index (χ2v) is 5.80. The highest BCUT2D eigenvalue weighted by Gasteiger charge is 2.16. The van der Waals surface area contributed by atoms with E-state index in [1.165, 1.54) is 0 Å². The fraction of sp³-hybridized carbons (Fsp3) is 0.533. The van der Waals surface area contributed by atoms with Crippen molar-refractivity contribution in [2.24, 2.45) is 5.92 Å². The summed E-state index contributed by atoms with van der Waals surface area (Å²) >= 11 is 5.90. The molecular weight excluding hydrogens is 260 g/mol. The van der Waals surface area contributed by atoms with Crippen LogP contribution >= 0.6 is 11.6 Å². The lowest BCUT2D eigenvalue weighted by Crippen LogP contribution is -2.33. The molecule has 0 aromatic heterocycles. The van der Waals surface area contributed by atoms with Gasteiger partial charge in [0.15, 0.2) is 0 Å². The molecule has 1 aromatic rings. The van der Waals surface area contributed by atoms with Crippen LogP contribution in [-0.2, 0) is 4.79 Å². The Morgan fingerprint density at radius 2 is 1.84 bits per heavy atom. The molecule has 0 fully saturated rings. The fourth-order valence-electron chi connectivity index (χ4n) is 1.74. The molecule has 0 saturated heterocycles. The van der Waals surface area contributed by atoms with Gasteiger partial charge < -0.3 is 10.2 Å². The van der Waals surface area contributed by atoms with Gasteiger partial charge in [-0.15, -0.1) is 0 Å². The van der Waals surface area contributed by atoms with Gasteiger partial charge in [-0.2, -0.15) is 0 Å². The maximum absolute atomic E-state index is 11.9. The van der Waals surface area contributed by atoms with E-state index in [4.69, 9.17) is 11.6 Å². The number of halogens is 1. The Morgan fingerprint density at radius 3 is 2.32 bits per heavy atom. The van der Waals surface area contributed by atoms with Gasteiger partial charge in [-0.1, -0.05) is 37.6 Å². The zero-order valence-corrected chi connectivity index (χ0v) is 12.9. The largest absolute Gasteiger partial charge is 0.349 e. The van der Waals surface area contributed by atoms with E-state index in [-0.39, 0.29) is 17.9 Å². The number of amides is 1. The van der Waals surface area contributed by atoms with Crippen molar-refractivity contribution < 1.29 is 4.79 Å². The van der Waals surface area contributed by atoms with Crippen molar-refractivity contribution in [1.82, 2.24) is 10.2 Å². The first-order valence-corrected chi connectivity index (χ1v) is 6.98. The molecule has 1 amide bonds. The zero-order chi connectivity index (χ0) is 14.4. The number of nitrogens with one attached hydrogen (secondary N) is 1. The van der Waals surface area contributed by atoms with E-state index in [0.29, 0.717) is 5.02 Å². The molecule has 0 saturated carbocycles. The molecule has 0 aliphatic rings. The maximum atomic E-state index is 11.9. The number of rotatable bonds is 6. The van der Waals surface area contributed by atoms with Gasteiger partial charge in [-0.25, -0.2) is 0 Å². The van der Waals surface area contributed by atoms with Crippen molar-refractivity contribution in [3.05, 3.63) is 34.9 Å². The van der Waals surface area contributed by atoms with E-state index >= 15 is 0 Å². The van der Waals surface area contributed by atoms with E-state index in [1.54, 1.807) is 0 Å². The predicted octanol–water partition coefficient (Wildman–Crippen LogP) is 3.11. The summed E-state index contributed by atoms with van der Waals surface area (Å²) in [6, 6.07) is 7.71. The molecule has 0 aliphatic carbocycles. The van der Waals surface area contributed by atoms with Crippen molar-refractivity contribution in [1.29, 1.82) is 0 Å². The van der Waals surface area contributed by atoms with Crippen molar-refractivity contribution in [2.45, 2.75) is 26.3 Å². The lowest BCUT2D eigenvalue weighted by molar-refractivity contribution is -0.124. The monoisotopic (exact) mass is 282 g/mol. The van der Waals surface area contributed by atoms with Crippen LogP contribution in [0.1, 0.15) is 31.9 Å². The van der Waals surface area contributed by atoms with E-state index in [0.717, 1.165) is 18.5 Å². The molecular formula is C15H23ClN2O. The first-order valence-electron chi connectivity index (χ1n) is 6.60. The smallest absolute Gasteiger partial charge is 0.223 e. The summed E-state index contributed by atoms with van der Waals surface area (Å²) < 4.78 is 0.